The van der Waals surface area contributed by atoms with E-state index in [4.69, 9.17) is 5.26 Å². The van der Waals surface area contributed by atoms with Crippen LogP contribution in [0.25, 0.3) is 22.3 Å². The summed E-state index contributed by atoms with van der Waals surface area (Å²) in [5.41, 5.74) is 2.95. The molecule has 0 fully saturated rings. The van der Waals surface area contributed by atoms with Gasteiger partial charge in [-0.1, -0.05) is 6.07 Å². The summed E-state index contributed by atoms with van der Waals surface area (Å²) in [5, 5.41) is 8.59. The number of rotatable bonds is 3. The Morgan fingerprint density at radius 2 is 2.05 bits per heavy atom. The van der Waals surface area contributed by atoms with Crippen LogP contribution >= 0.6 is 0 Å². The van der Waals surface area contributed by atoms with E-state index in [1.807, 2.05) is 24.3 Å². The number of aromatic nitrogens is 4. The predicted molar refractivity (Wildman–Crippen MR) is 73.9 cm³/mol. The molecule has 0 amide bonds. The summed E-state index contributed by atoms with van der Waals surface area (Å²) in [5.74, 6) is 0.645. The molecular weight excluding hydrogens is 254 g/mol. The van der Waals surface area contributed by atoms with Crippen LogP contribution in [-0.2, 0) is 6.42 Å². The van der Waals surface area contributed by atoms with Crippen LogP contribution in [0.1, 0.15) is 12.2 Å². The molecule has 2 aromatic heterocycles. The predicted octanol–water partition coefficient (Wildman–Crippen LogP) is 1.77. The minimum Gasteiger partial charge on any atom is -0.306 e. The standard InChI is InChI=1S/C14H11N5O/c15-6-1-2-13-16-7-5-10(17-13)9-3-4-11-12(8-9)19-14(20)18-11/h3-5,7-8H,1-2H2,(H2,18,19,20). The Hall–Kier alpha value is -2.94. The molecule has 3 rings (SSSR count). The van der Waals surface area contributed by atoms with Crippen molar-refractivity contribution in [3.63, 3.8) is 0 Å². The van der Waals surface area contributed by atoms with Gasteiger partial charge >= 0.3 is 5.69 Å². The highest BCUT2D eigenvalue weighted by atomic mass is 16.1. The van der Waals surface area contributed by atoms with E-state index in [-0.39, 0.29) is 5.69 Å². The number of nitriles is 1. The number of aromatic amines is 2. The van der Waals surface area contributed by atoms with Crippen molar-refractivity contribution in [1.82, 2.24) is 19.9 Å². The molecule has 0 saturated carbocycles. The third kappa shape index (κ3) is 2.29. The fourth-order valence-electron chi connectivity index (χ4n) is 2.04. The second kappa shape index (κ2) is 4.97. The number of benzene rings is 1. The third-order valence-electron chi connectivity index (χ3n) is 2.98. The molecule has 0 radical (unpaired) electrons. The van der Waals surface area contributed by atoms with Crippen LogP contribution in [0.2, 0.25) is 0 Å². The van der Waals surface area contributed by atoms with Gasteiger partial charge in [0.05, 0.1) is 22.8 Å². The molecule has 2 heterocycles. The van der Waals surface area contributed by atoms with Crippen LogP contribution in [-0.4, -0.2) is 19.9 Å². The highest BCUT2D eigenvalue weighted by Gasteiger charge is 2.05. The topological polar surface area (TPSA) is 98.2 Å². The maximum absolute atomic E-state index is 11.2. The van der Waals surface area contributed by atoms with E-state index in [0.29, 0.717) is 18.7 Å². The van der Waals surface area contributed by atoms with E-state index < -0.39 is 0 Å². The molecule has 0 bridgehead atoms. The van der Waals surface area contributed by atoms with Crippen molar-refractivity contribution in [2.24, 2.45) is 0 Å². The summed E-state index contributed by atoms with van der Waals surface area (Å²) in [7, 11) is 0. The van der Waals surface area contributed by atoms with Crippen molar-refractivity contribution in [2.75, 3.05) is 0 Å². The quantitative estimate of drug-likeness (QED) is 0.753. The fourth-order valence-corrected chi connectivity index (χ4v) is 2.04. The smallest absolute Gasteiger partial charge is 0.306 e. The summed E-state index contributed by atoms with van der Waals surface area (Å²) in [6.07, 6.45) is 2.61. The number of nitrogens with one attached hydrogen (secondary N) is 2. The first kappa shape index (κ1) is 12.1. The summed E-state index contributed by atoms with van der Waals surface area (Å²) in [6, 6.07) is 9.47. The summed E-state index contributed by atoms with van der Waals surface area (Å²) >= 11 is 0. The van der Waals surface area contributed by atoms with Crippen molar-refractivity contribution in [3.05, 3.63) is 46.8 Å². The first-order chi connectivity index (χ1) is 9.76. The Labute approximate surface area is 114 Å². The second-order valence-corrected chi connectivity index (χ2v) is 4.36. The maximum Gasteiger partial charge on any atom is 0.323 e. The van der Waals surface area contributed by atoms with Crippen LogP contribution in [0.5, 0.6) is 0 Å². The average Bonchev–Trinajstić information content (AvgIpc) is 2.84. The highest BCUT2D eigenvalue weighted by molar-refractivity contribution is 5.80. The van der Waals surface area contributed by atoms with Crippen LogP contribution in [0.15, 0.2) is 35.3 Å². The van der Waals surface area contributed by atoms with E-state index in [0.717, 1.165) is 22.3 Å². The first-order valence-corrected chi connectivity index (χ1v) is 6.17. The van der Waals surface area contributed by atoms with Crippen molar-refractivity contribution in [2.45, 2.75) is 12.8 Å². The van der Waals surface area contributed by atoms with Gasteiger partial charge in [0.1, 0.15) is 5.82 Å². The van der Waals surface area contributed by atoms with Crippen molar-refractivity contribution in [1.29, 1.82) is 5.26 Å². The lowest BCUT2D eigenvalue weighted by atomic mass is 10.1. The number of hydrogen-bond acceptors (Lipinski definition) is 4. The van der Waals surface area contributed by atoms with E-state index in [2.05, 4.69) is 26.0 Å². The SMILES string of the molecule is N#CCCc1nccc(-c2ccc3[nH]c(=O)[nH]c3c2)n1. The lowest BCUT2D eigenvalue weighted by Crippen LogP contribution is -1.99. The van der Waals surface area contributed by atoms with E-state index >= 15 is 0 Å². The van der Waals surface area contributed by atoms with Crippen molar-refractivity contribution >= 4 is 11.0 Å². The number of nitrogens with zero attached hydrogens (tertiary/aromatic N) is 3. The monoisotopic (exact) mass is 265 g/mol. The lowest BCUT2D eigenvalue weighted by Gasteiger charge is -2.03. The second-order valence-electron chi connectivity index (χ2n) is 4.36. The largest absolute Gasteiger partial charge is 0.323 e. The third-order valence-corrected chi connectivity index (χ3v) is 2.98. The molecule has 0 unspecified atom stereocenters. The van der Waals surface area contributed by atoms with Gasteiger partial charge in [0.2, 0.25) is 0 Å². The van der Waals surface area contributed by atoms with Gasteiger partial charge < -0.3 is 9.97 Å². The maximum atomic E-state index is 11.2. The molecule has 6 heteroatoms. The Morgan fingerprint density at radius 3 is 2.90 bits per heavy atom. The van der Waals surface area contributed by atoms with Crippen LogP contribution in [0, 0.1) is 11.3 Å². The van der Waals surface area contributed by atoms with Gasteiger partial charge in [-0.05, 0) is 18.2 Å². The number of aryl methyl sites for hydroxylation is 1. The number of imidazole rings is 1. The Bertz CT molecular complexity index is 856. The molecule has 0 aliphatic heterocycles. The van der Waals surface area contributed by atoms with Gasteiger partial charge in [0.15, 0.2) is 0 Å². The van der Waals surface area contributed by atoms with Gasteiger partial charge in [-0.2, -0.15) is 5.26 Å². The zero-order valence-electron chi connectivity index (χ0n) is 10.6. The van der Waals surface area contributed by atoms with Crippen molar-refractivity contribution < 1.29 is 0 Å². The molecule has 0 aliphatic rings. The summed E-state index contributed by atoms with van der Waals surface area (Å²) < 4.78 is 0. The molecule has 98 valence electrons. The number of fused-ring (bicyclic) bond motifs is 1. The molecule has 20 heavy (non-hydrogen) atoms. The molecule has 0 spiro atoms. The Morgan fingerprint density at radius 1 is 1.20 bits per heavy atom. The molecular formula is C14H11N5O. The van der Waals surface area contributed by atoms with E-state index in [1.165, 1.54) is 0 Å². The minimum atomic E-state index is -0.227. The number of hydrogen-bond donors (Lipinski definition) is 2. The highest BCUT2D eigenvalue weighted by Crippen LogP contribution is 2.20. The molecule has 3 aromatic rings. The van der Waals surface area contributed by atoms with Crippen LogP contribution in [0.3, 0.4) is 0 Å². The first-order valence-electron chi connectivity index (χ1n) is 6.17. The molecule has 6 nitrogen and oxygen atoms in total. The molecule has 2 N–H and O–H groups in total. The molecule has 0 atom stereocenters. The van der Waals surface area contributed by atoms with Crippen molar-refractivity contribution in [3.8, 4) is 17.3 Å². The molecule has 0 aliphatic carbocycles. The summed E-state index contributed by atoms with van der Waals surface area (Å²) in [6.45, 7) is 0. The van der Waals surface area contributed by atoms with Gasteiger partial charge in [0, 0.05) is 24.6 Å². The Balaban J connectivity index is 2.01. The van der Waals surface area contributed by atoms with Crippen LogP contribution in [0.4, 0.5) is 0 Å². The normalized spacial score (nSPS) is 10.6. The zero-order chi connectivity index (χ0) is 13.9. The minimum absolute atomic E-state index is 0.227. The molecule has 0 saturated heterocycles. The molecule has 1 aromatic carbocycles. The summed E-state index contributed by atoms with van der Waals surface area (Å²) in [4.78, 5) is 25.2. The van der Waals surface area contributed by atoms with Gasteiger partial charge in [-0.15, -0.1) is 0 Å². The number of H-pyrrole nitrogens is 2. The van der Waals surface area contributed by atoms with Gasteiger partial charge in [-0.25, -0.2) is 14.8 Å². The van der Waals surface area contributed by atoms with E-state index in [1.54, 1.807) is 6.20 Å². The average molecular weight is 265 g/mol. The Kier molecular flexibility index (Phi) is 3.01. The van der Waals surface area contributed by atoms with E-state index in [9.17, 15) is 4.79 Å². The zero-order valence-corrected chi connectivity index (χ0v) is 10.6. The fraction of sp³-hybridized carbons (Fsp3) is 0.143. The van der Waals surface area contributed by atoms with Gasteiger partial charge in [-0.3, -0.25) is 0 Å². The lowest BCUT2D eigenvalue weighted by molar-refractivity contribution is 0.887. The van der Waals surface area contributed by atoms with Gasteiger partial charge in [0.25, 0.3) is 0 Å². The van der Waals surface area contributed by atoms with Crippen LogP contribution < -0.4 is 5.69 Å².